The van der Waals surface area contributed by atoms with Crippen LogP contribution in [0.15, 0.2) is 10.6 Å². The van der Waals surface area contributed by atoms with Gasteiger partial charge in [0.15, 0.2) is 0 Å². The Labute approximate surface area is 80.3 Å². The van der Waals surface area contributed by atoms with Gasteiger partial charge < -0.3 is 4.52 Å². The Morgan fingerprint density at radius 3 is 2.31 bits per heavy atom. The standard InChI is InChI=1S/C11H19NO/c1-4-6-10(7-5-2)11-8-9(3)13-12-11/h8,10H,4-7H2,1-3H3. The maximum Gasteiger partial charge on any atom is 0.133 e. The van der Waals surface area contributed by atoms with E-state index in [9.17, 15) is 0 Å². The molecule has 0 aliphatic rings. The number of rotatable bonds is 5. The molecular weight excluding hydrogens is 162 g/mol. The molecule has 0 fully saturated rings. The molecule has 0 unspecified atom stereocenters. The molecule has 0 aliphatic heterocycles. The lowest BCUT2D eigenvalue weighted by Gasteiger charge is -2.10. The van der Waals surface area contributed by atoms with Gasteiger partial charge in [0.1, 0.15) is 5.76 Å². The van der Waals surface area contributed by atoms with Gasteiger partial charge in [0.25, 0.3) is 0 Å². The maximum absolute atomic E-state index is 5.09. The van der Waals surface area contributed by atoms with Gasteiger partial charge in [0, 0.05) is 12.0 Å². The summed E-state index contributed by atoms with van der Waals surface area (Å²) in [5, 5.41) is 4.08. The Morgan fingerprint density at radius 1 is 1.31 bits per heavy atom. The van der Waals surface area contributed by atoms with Crippen molar-refractivity contribution in [1.82, 2.24) is 5.16 Å². The zero-order valence-corrected chi connectivity index (χ0v) is 8.84. The number of hydrogen-bond donors (Lipinski definition) is 0. The van der Waals surface area contributed by atoms with Crippen molar-refractivity contribution in [3.8, 4) is 0 Å². The highest BCUT2D eigenvalue weighted by Gasteiger charge is 2.13. The van der Waals surface area contributed by atoms with Crippen molar-refractivity contribution in [2.75, 3.05) is 0 Å². The van der Waals surface area contributed by atoms with Gasteiger partial charge in [-0.1, -0.05) is 31.8 Å². The third kappa shape index (κ3) is 2.87. The van der Waals surface area contributed by atoms with E-state index in [4.69, 9.17) is 4.52 Å². The van der Waals surface area contributed by atoms with Gasteiger partial charge >= 0.3 is 0 Å². The third-order valence-corrected chi connectivity index (χ3v) is 2.34. The molecule has 1 aromatic heterocycles. The van der Waals surface area contributed by atoms with E-state index in [0.717, 1.165) is 11.5 Å². The first-order valence-electron chi connectivity index (χ1n) is 5.21. The molecule has 0 saturated carbocycles. The van der Waals surface area contributed by atoms with E-state index in [1.807, 2.05) is 6.92 Å². The van der Waals surface area contributed by atoms with Crippen LogP contribution in [-0.2, 0) is 0 Å². The summed E-state index contributed by atoms with van der Waals surface area (Å²) < 4.78 is 5.09. The van der Waals surface area contributed by atoms with Crippen molar-refractivity contribution < 1.29 is 4.52 Å². The molecule has 2 heteroatoms. The molecule has 1 rings (SSSR count). The van der Waals surface area contributed by atoms with Gasteiger partial charge in [-0.2, -0.15) is 0 Å². The Hall–Kier alpha value is -0.790. The van der Waals surface area contributed by atoms with Crippen LogP contribution in [0.2, 0.25) is 0 Å². The SMILES string of the molecule is CCCC(CCC)c1cc(C)on1. The van der Waals surface area contributed by atoms with Crippen molar-refractivity contribution in [3.63, 3.8) is 0 Å². The lowest BCUT2D eigenvalue weighted by molar-refractivity contribution is 0.380. The van der Waals surface area contributed by atoms with Crippen LogP contribution in [0.1, 0.15) is 56.9 Å². The van der Waals surface area contributed by atoms with E-state index in [-0.39, 0.29) is 0 Å². The molecule has 1 heterocycles. The van der Waals surface area contributed by atoms with Crippen LogP contribution < -0.4 is 0 Å². The van der Waals surface area contributed by atoms with Crippen molar-refractivity contribution >= 4 is 0 Å². The lowest BCUT2D eigenvalue weighted by Crippen LogP contribution is -1.98. The van der Waals surface area contributed by atoms with Gasteiger partial charge in [-0.05, 0) is 19.8 Å². The lowest BCUT2D eigenvalue weighted by atomic mass is 9.95. The van der Waals surface area contributed by atoms with Crippen molar-refractivity contribution in [1.29, 1.82) is 0 Å². The fourth-order valence-corrected chi connectivity index (χ4v) is 1.72. The van der Waals surface area contributed by atoms with Crippen LogP contribution in [0.5, 0.6) is 0 Å². The third-order valence-electron chi connectivity index (χ3n) is 2.34. The summed E-state index contributed by atoms with van der Waals surface area (Å²) in [4.78, 5) is 0. The molecule has 0 amide bonds. The molecule has 0 saturated heterocycles. The molecule has 0 N–H and O–H groups in total. The highest BCUT2D eigenvalue weighted by atomic mass is 16.5. The zero-order chi connectivity index (χ0) is 9.68. The quantitative estimate of drug-likeness (QED) is 0.692. The van der Waals surface area contributed by atoms with Crippen LogP contribution in [0.3, 0.4) is 0 Å². The first kappa shape index (κ1) is 10.3. The van der Waals surface area contributed by atoms with E-state index in [1.54, 1.807) is 0 Å². The molecular formula is C11H19NO. The predicted octanol–water partition coefficient (Wildman–Crippen LogP) is 3.67. The minimum absolute atomic E-state index is 0.604. The molecule has 2 nitrogen and oxygen atoms in total. The molecule has 0 spiro atoms. The highest BCUT2D eigenvalue weighted by molar-refractivity contribution is 5.09. The first-order valence-corrected chi connectivity index (χ1v) is 5.21. The van der Waals surface area contributed by atoms with Gasteiger partial charge in [-0.25, -0.2) is 0 Å². The Bertz CT molecular complexity index is 236. The fourth-order valence-electron chi connectivity index (χ4n) is 1.72. The number of nitrogens with zero attached hydrogens (tertiary/aromatic N) is 1. The van der Waals surface area contributed by atoms with Gasteiger partial charge in [-0.15, -0.1) is 0 Å². The molecule has 74 valence electrons. The zero-order valence-electron chi connectivity index (χ0n) is 8.84. The van der Waals surface area contributed by atoms with Crippen molar-refractivity contribution in [2.45, 2.75) is 52.4 Å². The molecule has 0 bridgehead atoms. The Morgan fingerprint density at radius 2 is 1.92 bits per heavy atom. The van der Waals surface area contributed by atoms with Crippen LogP contribution in [0, 0.1) is 6.92 Å². The van der Waals surface area contributed by atoms with E-state index < -0.39 is 0 Å². The number of hydrogen-bond acceptors (Lipinski definition) is 2. The summed E-state index contributed by atoms with van der Waals surface area (Å²) in [5.41, 5.74) is 1.14. The second-order valence-electron chi connectivity index (χ2n) is 3.64. The van der Waals surface area contributed by atoms with Gasteiger partial charge in [0.05, 0.1) is 5.69 Å². The summed E-state index contributed by atoms with van der Waals surface area (Å²) >= 11 is 0. The molecule has 0 atom stereocenters. The smallest absolute Gasteiger partial charge is 0.133 e. The average molecular weight is 181 g/mol. The average Bonchev–Trinajstić information content (AvgIpc) is 2.51. The number of aryl methyl sites for hydroxylation is 1. The monoisotopic (exact) mass is 181 g/mol. The minimum atomic E-state index is 0.604. The second kappa shape index (κ2) is 5.05. The van der Waals surface area contributed by atoms with Crippen LogP contribution in [-0.4, -0.2) is 5.16 Å². The van der Waals surface area contributed by atoms with Crippen LogP contribution in [0.25, 0.3) is 0 Å². The van der Waals surface area contributed by atoms with Gasteiger partial charge in [0.2, 0.25) is 0 Å². The predicted molar refractivity (Wildman–Crippen MR) is 53.8 cm³/mol. The number of aromatic nitrogens is 1. The van der Waals surface area contributed by atoms with Gasteiger partial charge in [-0.3, -0.25) is 0 Å². The summed E-state index contributed by atoms with van der Waals surface area (Å²) in [7, 11) is 0. The first-order chi connectivity index (χ1) is 6.27. The van der Waals surface area contributed by atoms with Crippen molar-refractivity contribution in [2.24, 2.45) is 0 Å². The summed E-state index contributed by atoms with van der Waals surface area (Å²) in [5.74, 6) is 1.53. The fraction of sp³-hybridized carbons (Fsp3) is 0.727. The summed E-state index contributed by atoms with van der Waals surface area (Å²) in [6, 6.07) is 2.07. The summed E-state index contributed by atoms with van der Waals surface area (Å²) in [6.07, 6.45) is 4.88. The topological polar surface area (TPSA) is 26.0 Å². The molecule has 0 aromatic carbocycles. The molecule has 1 aromatic rings. The van der Waals surface area contributed by atoms with Crippen LogP contribution >= 0.6 is 0 Å². The largest absolute Gasteiger partial charge is 0.361 e. The van der Waals surface area contributed by atoms with E-state index in [2.05, 4.69) is 25.1 Å². The minimum Gasteiger partial charge on any atom is -0.361 e. The van der Waals surface area contributed by atoms with E-state index >= 15 is 0 Å². The molecule has 13 heavy (non-hydrogen) atoms. The Kier molecular flexibility index (Phi) is 4.00. The summed E-state index contributed by atoms with van der Waals surface area (Å²) in [6.45, 7) is 6.39. The molecule has 0 radical (unpaired) electrons. The Balaban J connectivity index is 2.63. The van der Waals surface area contributed by atoms with E-state index in [0.29, 0.717) is 5.92 Å². The molecule has 0 aliphatic carbocycles. The maximum atomic E-state index is 5.09. The normalized spacial score (nSPS) is 11.1. The second-order valence-corrected chi connectivity index (χ2v) is 3.64. The van der Waals surface area contributed by atoms with E-state index in [1.165, 1.54) is 25.7 Å². The highest BCUT2D eigenvalue weighted by Crippen LogP contribution is 2.25. The van der Waals surface area contributed by atoms with Crippen LogP contribution in [0.4, 0.5) is 0 Å². The van der Waals surface area contributed by atoms with Crippen molar-refractivity contribution in [3.05, 3.63) is 17.5 Å².